The van der Waals surface area contributed by atoms with Gasteiger partial charge in [-0.05, 0) is 26.0 Å². The fourth-order valence-electron chi connectivity index (χ4n) is 1.19. The number of rotatable bonds is 5. The van der Waals surface area contributed by atoms with Crippen LogP contribution in [0.1, 0.15) is 18.9 Å². The molecule has 0 saturated carbocycles. The first kappa shape index (κ1) is 11.0. The highest BCUT2D eigenvalue weighted by Crippen LogP contribution is 2.14. The molecule has 0 aliphatic carbocycles. The minimum absolute atomic E-state index is 0.271. The first-order chi connectivity index (χ1) is 6.70. The SMILES string of the molecule is C[C@@H](O)CCNCc1ccccc1O. The molecule has 1 atom stereocenters. The van der Waals surface area contributed by atoms with E-state index in [2.05, 4.69) is 5.32 Å². The normalized spacial score (nSPS) is 12.7. The van der Waals surface area contributed by atoms with Gasteiger partial charge in [0.25, 0.3) is 0 Å². The molecule has 3 heteroatoms. The lowest BCUT2D eigenvalue weighted by atomic mass is 10.2. The van der Waals surface area contributed by atoms with Gasteiger partial charge in [0.05, 0.1) is 6.10 Å². The highest BCUT2D eigenvalue weighted by molar-refractivity contribution is 5.31. The summed E-state index contributed by atoms with van der Waals surface area (Å²) in [6, 6.07) is 7.25. The van der Waals surface area contributed by atoms with Gasteiger partial charge in [-0.2, -0.15) is 0 Å². The van der Waals surface area contributed by atoms with Gasteiger partial charge in [-0.15, -0.1) is 0 Å². The van der Waals surface area contributed by atoms with Crippen LogP contribution in [0.2, 0.25) is 0 Å². The molecule has 0 radical (unpaired) electrons. The Morgan fingerprint density at radius 1 is 1.36 bits per heavy atom. The average Bonchev–Trinajstić information content (AvgIpc) is 2.15. The average molecular weight is 195 g/mol. The second-order valence-corrected chi connectivity index (χ2v) is 3.44. The van der Waals surface area contributed by atoms with Crippen molar-refractivity contribution in [2.75, 3.05) is 6.54 Å². The summed E-state index contributed by atoms with van der Waals surface area (Å²) >= 11 is 0. The van der Waals surface area contributed by atoms with Gasteiger partial charge in [-0.25, -0.2) is 0 Å². The third-order valence-electron chi connectivity index (χ3n) is 2.05. The Labute approximate surface area is 84.4 Å². The zero-order valence-corrected chi connectivity index (χ0v) is 8.40. The summed E-state index contributed by atoms with van der Waals surface area (Å²) in [7, 11) is 0. The van der Waals surface area contributed by atoms with Gasteiger partial charge in [0.2, 0.25) is 0 Å². The summed E-state index contributed by atoms with van der Waals surface area (Å²) in [5.74, 6) is 0.317. The second kappa shape index (κ2) is 5.62. The minimum atomic E-state index is -0.271. The first-order valence-corrected chi connectivity index (χ1v) is 4.86. The molecule has 3 nitrogen and oxygen atoms in total. The summed E-state index contributed by atoms with van der Waals surface area (Å²) < 4.78 is 0. The standard InChI is InChI=1S/C11H17NO2/c1-9(13)6-7-12-8-10-4-2-3-5-11(10)14/h2-5,9,12-14H,6-8H2,1H3/t9-/m1/s1. The molecule has 0 fully saturated rings. The largest absolute Gasteiger partial charge is 0.508 e. The molecule has 78 valence electrons. The lowest BCUT2D eigenvalue weighted by Crippen LogP contribution is -2.18. The fourth-order valence-corrected chi connectivity index (χ4v) is 1.19. The maximum atomic E-state index is 9.43. The molecule has 0 heterocycles. The summed E-state index contributed by atoms with van der Waals surface area (Å²) in [5, 5.41) is 21.6. The third kappa shape index (κ3) is 3.77. The summed E-state index contributed by atoms with van der Waals surface area (Å²) in [4.78, 5) is 0. The Kier molecular flexibility index (Phi) is 4.43. The van der Waals surface area contributed by atoms with Crippen molar-refractivity contribution in [1.29, 1.82) is 0 Å². The maximum Gasteiger partial charge on any atom is 0.120 e. The van der Waals surface area contributed by atoms with Crippen molar-refractivity contribution in [3.63, 3.8) is 0 Å². The van der Waals surface area contributed by atoms with Crippen LogP contribution in [0.25, 0.3) is 0 Å². The van der Waals surface area contributed by atoms with Crippen LogP contribution >= 0.6 is 0 Å². The van der Waals surface area contributed by atoms with Gasteiger partial charge >= 0.3 is 0 Å². The van der Waals surface area contributed by atoms with E-state index in [1.54, 1.807) is 19.1 Å². The molecule has 0 unspecified atom stereocenters. The monoisotopic (exact) mass is 195 g/mol. The molecule has 0 bridgehead atoms. The van der Waals surface area contributed by atoms with Gasteiger partial charge < -0.3 is 15.5 Å². The molecule has 3 N–H and O–H groups in total. The van der Waals surface area contributed by atoms with Crippen LogP contribution in [0, 0.1) is 0 Å². The number of phenols is 1. The molecular formula is C11H17NO2. The van der Waals surface area contributed by atoms with E-state index in [0.717, 1.165) is 18.5 Å². The highest BCUT2D eigenvalue weighted by atomic mass is 16.3. The molecule has 0 spiro atoms. The van der Waals surface area contributed by atoms with E-state index in [1.807, 2.05) is 12.1 Å². The van der Waals surface area contributed by atoms with Crippen LogP contribution in [-0.2, 0) is 6.54 Å². The number of hydrogen-bond acceptors (Lipinski definition) is 3. The Balaban J connectivity index is 2.28. The van der Waals surface area contributed by atoms with E-state index in [9.17, 15) is 5.11 Å². The van der Waals surface area contributed by atoms with Crippen LogP contribution in [0.15, 0.2) is 24.3 Å². The van der Waals surface area contributed by atoms with Crippen molar-refractivity contribution in [3.8, 4) is 5.75 Å². The van der Waals surface area contributed by atoms with E-state index < -0.39 is 0 Å². The van der Waals surface area contributed by atoms with Gasteiger partial charge in [0.1, 0.15) is 5.75 Å². The van der Waals surface area contributed by atoms with Crippen molar-refractivity contribution in [3.05, 3.63) is 29.8 Å². The minimum Gasteiger partial charge on any atom is -0.508 e. The number of hydrogen-bond donors (Lipinski definition) is 3. The maximum absolute atomic E-state index is 9.43. The van der Waals surface area contributed by atoms with Crippen LogP contribution in [0.4, 0.5) is 0 Å². The van der Waals surface area contributed by atoms with Crippen molar-refractivity contribution in [1.82, 2.24) is 5.32 Å². The molecule has 0 amide bonds. The number of aliphatic hydroxyl groups is 1. The van der Waals surface area contributed by atoms with Crippen LogP contribution in [0.5, 0.6) is 5.75 Å². The number of benzene rings is 1. The molecule has 0 aliphatic rings. The number of aromatic hydroxyl groups is 1. The summed E-state index contributed by atoms with van der Waals surface area (Å²) in [5.41, 5.74) is 0.887. The Morgan fingerprint density at radius 3 is 2.71 bits per heavy atom. The number of nitrogens with one attached hydrogen (secondary N) is 1. The predicted molar refractivity (Wildman–Crippen MR) is 56.1 cm³/mol. The predicted octanol–water partition coefficient (Wildman–Crippen LogP) is 1.25. The van der Waals surface area contributed by atoms with Crippen molar-refractivity contribution >= 4 is 0 Å². The number of aliphatic hydroxyl groups excluding tert-OH is 1. The van der Waals surface area contributed by atoms with E-state index in [-0.39, 0.29) is 6.10 Å². The molecule has 1 aromatic carbocycles. The molecule has 0 saturated heterocycles. The third-order valence-corrected chi connectivity index (χ3v) is 2.05. The molecular weight excluding hydrogens is 178 g/mol. The Hall–Kier alpha value is -1.06. The van der Waals surface area contributed by atoms with E-state index in [4.69, 9.17) is 5.11 Å². The summed E-state index contributed by atoms with van der Waals surface area (Å²) in [6.45, 7) is 3.16. The van der Waals surface area contributed by atoms with Gasteiger partial charge in [0, 0.05) is 12.1 Å². The smallest absolute Gasteiger partial charge is 0.120 e. The number of para-hydroxylation sites is 1. The lowest BCUT2D eigenvalue weighted by molar-refractivity contribution is 0.183. The first-order valence-electron chi connectivity index (χ1n) is 4.86. The topological polar surface area (TPSA) is 52.5 Å². The number of phenolic OH excluding ortho intramolecular Hbond substituents is 1. The van der Waals surface area contributed by atoms with Gasteiger partial charge in [-0.1, -0.05) is 18.2 Å². The molecule has 0 aromatic heterocycles. The van der Waals surface area contributed by atoms with Crippen molar-refractivity contribution in [2.45, 2.75) is 26.0 Å². The van der Waals surface area contributed by atoms with E-state index in [1.165, 1.54) is 0 Å². The van der Waals surface area contributed by atoms with Gasteiger partial charge in [0.15, 0.2) is 0 Å². The molecule has 1 aromatic rings. The quantitative estimate of drug-likeness (QED) is 0.620. The zero-order valence-electron chi connectivity index (χ0n) is 8.40. The van der Waals surface area contributed by atoms with E-state index >= 15 is 0 Å². The molecule has 14 heavy (non-hydrogen) atoms. The van der Waals surface area contributed by atoms with Crippen LogP contribution in [0.3, 0.4) is 0 Å². The van der Waals surface area contributed by atoms with Crippen LogP contribution in [-0.4, -0.2) is 22.9 Å². The van der Waals surface area contributed by atoms with Gasteiger partial charge in [-0.3, -0.25) is 0 Å². The van der Waals surface area contributed by atoms with Crippen LogP contribution < -0.4 is 5.32 Å². The fraction of sp³-hybridized carbons (Fsp3) is 0.455. The zero-order chi connectivity index (χ0) is 10.4. The molecule has 0 aliphatic heterocycles. The van der Waals surface area contributed by atoms with Crippen molar-refractivity contribution in [2.24, 2.45) is 0 Å². The summed E-state index contributed by atoms with van der Waals surface area (Å²) in [6.07, 6.45) is 0.458. The molecule has 1 rings (SSSR count). The Morgan fingerprint density at radius 2 is 2.07 bits per heavy atom. The van der Waals surface area contributed by atoms with Crippen molar-refractivity contribution < 1.29 is 10.2 Å². The lowest BCUT2D eigenvalue weighted by Gasteiger charge is -2.07. The second-order valence-electron chi connectivity index (χ2n) is 3.44. The Bertz CT molecular complexity index is 274. The highest BCUT2D eigenvalue weighted by Gasteiger charge is 1.99. The van der Waals surface area contributed by atoms with E-state index in [0.29, 0.717) is 12.3 Å².